The number of aromatic nitrogens is 1. The number of nitrogens with one attached hydrogen (secondary N) is 1. The largest absolute Gasteiger partial charge is 0.459 e. The first-order valence-electron chi connectivity index (χ1n) is 10.6. The maximum absolute atomic E-state index is 13.3. The fourth-order valence-electron chi connectivity index (χ4n) is 3.96. The first kappa shape index (κ1) is 20.8. The second kappa shape index (κ2) is 8.76. The summed E-state index contributed by atoms with van der Waals surface area (Å²) in [7, 11) is 0. The molecule has 1 N–H and O–H groups in total. The van der Waals surface area contributed by atoms with Gasteiger partial charge in [-0.1, -0.05) is 44.2 Å². The Hall–Kier alpha value is -3.41. The van der Waals surface area contributed by atoms with Gasteiger partial charge in [-0.3, -0.25) is 14.6 Å². The number of fused-ring (bicyclic) bond motifs is 1. The van der Waals surface area contributed by atoms with Crippen LogP contribution in [-0.2, 0) is 11.3 Å². The topological polar surface area (TPSA) is 75.4 Å². The number of pyridine rings is 1. The summed E-state index contributed by atoms with van der Waals surface area (Å²) in [5, 5.41) is 3.11. The van der Waals surface area contributed by atoms with E-state index in [1.54, 1.807) is 23.2 Å². The zero-order valence-corrected chi connectivity index (χ0v) is 18.0. The highest BCUT2D eigenvalue weighted by Gasteiger charge is 2.35. The van der Waals surface area contributed by atoms with Crippen molar-refractivity contribution in [2.45, 2.75) is 45.2 Å². The van der Waals surface area contributed by atoms with Gasteiger partial charge in [0.25, 0.3) is 5.91 Å². The van der Waals surface area contributed by atoms with Crippen LogP contribution in [-0.4, -0.2) is 28.2 Å². The summed E-state index contributed by atoms with van der Waals surface area (Å²) >= 11 is 0. The number of benzene rings is 1. The van der Waals surface area contributed by atoms with Crippen LogP contribution in [0.25, 0.3) is 0 Å². The molecule has 0 fully saturated rings. The summed E-state index contributed by atoms with van der Waals surface area (Å²) in [5.74, 6) is -0.181. The molecule has 0 saturated carbocycles. The summed E-state index contributed by atoms with van der Waals surface area (Å²) in [5.41, 5.74) is 3.91. The second-order valence-electron chi connectivity index (χ2n) is 8.31. The standard InChI is InChI=1S/C25H27N3O3/c1-16(2)18-8-10-19(11-9-18)17(3)27-24(29)21-15-28(25(30)22-7-5-13-31-22)14-20-6-4-12-26-23(20)21/h4-13,16-17,21H,14-15H2,1-3H3,(H,27,29). The van der Waals surface area contributed by atoms with Gasteiger partial charge in [0.15, 0.2) is 5.76 Å². The van der Waals surface area contributed by atoms with E-state index in [0.29, 0.717) is 12.5 Å². The van der Waals surface area contributed by atoms with Crippen molar-refractivity contribution in [1.82, 2.24) is 15.2 Å². The minimum atomic E-state index is -0.541. The lowest BCUT2D eigenvalue weighted by atomic mass is 9.93. The minimum absolute atomic E-state index is 0.141. The summed E-state index contributed by atoms with van der Waals surface area (Å²) in [6.07, 6.45) is 3.17. The number of nitrogens with zero attached hydrogens (tertiary/aromatic N) is 2. The summed E-state index contributed by atoms with van der Waals surface area (Å²) < 4.78 is 5.27. The minimum Gasteiger partial charge on any atom is -0.459 e. The molecule has 160 valence electrons. The van der Waals surface area contributed by atoms with Crippen molar-refractivity contribution >= 4 is 11.8 Å². The molecule has 2 aromatic heterocycles. The van der Waals surface area contributed by atoms with Crippen LogP contribution < -0.4 is 5.32 Å². The van der Waals surface area contributed by atoms with E-state index < -0.39 is 5.92 Å². The summed E-state index contributed by atoms with van der Waals surface area (Å²) in [6.45, 7) is 6.94. The van der Waals surface area contributed by atoms with Crippen LogP contribution in [0, 0.1) is 0 Å². The molecule has 0 aliphatic carbocycles. The van der Waals surface area contributed by atoms with Gasteiger partial charge in [-0.2, -0.15) is 0 Å². The Balaban J connectivity index is 1.53. The molecule has 2 atom stereocenters. The van der Waals surface area contributed by atoms with Crippen molar-refractivity contribution in [3.8, 4) is 0 Å². The van der Waals surface area contributed by atoms with E-state index >= 15 is 0 Å². The van der Waals surface area contributed by atoms with Gasteiger partial charge in [0.2, 0.25) is 5.91 Å². The quantitative estimate of drug-likeness (QED) is 0.667. The van der Waals surface area contributed by atoms with Gasteiger partial charge in [-0.15, -0.1) is 0 Å². The smallest absolute Gasteiger partial charge is 0.289 e. The van der Waals surface area contributed by atoms with Crippen LogP contribution in [0.5, 0.6) is 0 Å². The van der Waals surface area contributed by atoms with Gasteiger partial charge in [0.05, 0.1) is 23.9 Å². The van der Waals surface area contributed by atoms with Gasteiger partial charge in [-0.25, -0.2) is 0 Å². The Morgan fingerprint density at radius 3 is 2.48 bits per heavy atom. The molecule has 0 radical (unpaired) electrons. The van der Waals surface area contributed by atoms with E-state index in [2.05, 4.69) is 48.4 Å². The Morgan fingerprint density at radius 2 is 1.81 bits per heavy atom. The number of rotatable bonds is 5. The average Bonchev–Trinajstić information content (AvgIpc) is 3.32. The highest BCUT2D eigenvalue weighted by atomic mass is 16.3. The van der Waals surface area contributed by atoms with Crippen molar-refractivity contribution in [1.29, 1.82) is 0 Å². The van der Waals surface area contributed by atoms with Crippen molar-refractivity contribution in [2.75, 3.05) is 6.54 Å². The second-order valence-corrected chi connectivity index (χ2v) is 8.31. The van der Waals surface area contributed by atoms with Gasteiger partial charge >= 0.3 is 0 Å². The lowest BCUT2D eigenvalue weighted by Crippen LogP contribution is -2.44. The molecule has 2 unspecified atom stereocenters. The van der Waals surface area contributed by atoms with Gasteiger partial charge in [0, 0.05) is 19.3 Å². The summed E-state index contributed by atoms with van der Waals surface area (Å²) in [4.78, 5) is 32.2. The Morgan fingerprint density at radius 1 is 1.06 bits per heavy atom. The number of amides is 2. The molecule has 31 heavy (non-hydrogen) atoms. The van der Waals surface area contributed by atoms with Gasteiger partial charge in [-0.05, 0) is 47.7 Å². The summed E-state index contributed by atoms with van der Waals surface area (Å²) in [6, 6.07) is 15.2. The van der Waals surface area contributed by atoms with E-state index in [-0.39, 0.29) is 30.2 Å². The fourth-order valence-corrected chi connectivity index (χ4v) is 3.96. The average molecular weight is 418 g/mol. The fraction of sp³-hybridized carbons (Fsp3) is 0.320. The van der Waals surface area contributed by atoms with Crippen LogP contribution in [0.1, 0.15) is 71.6 Å². The third kappa shape index (κ3) is 4.38. The molecule has 6 nitrogen and oxygen atoms in total. The van der Waals surface area contributed by atoms with Crippen LogP contribution in [0.4, 0.5) is 0 Å². The Bertz CT molecular complexity index is 1060. The van der Waals surface area contributed by atoms with E-state index in [1.807, 2.05) is 19.1 Å². The van der Waals surface area contributed by atoms with Crippen LogP contribution in [0.2, 0.25) is 0 Å². The van der Waals surface area contributed by atoms with Crippen LogP contribution >= 0.6 is 0 Å². The molecule has 0 saturated heterocycles. The van der Waals surface area contributed by atoms with Gasteiger partial charge < -0.3 is 14.6 Å². The number of carbonyl (C=O) groups excluding carboxylic acids is 2. The van der Waals surface area contributed by atoms with Crippen LogP contribution in [0.15, 0.2) is 65.4 Å². The van der Waals surface area contributed by atoms with E-state index in [1.165, 1.54) is 11.8 Å². The van der Waals surface area contributed by atoms with Crippen molar-refractivity contribution in [3.63, 3.8) is 0 Å². The first-order chi connectivity index (χ1) is 14.9. The zero-order chi connectivity index (χ0) is 22.0. The lowest BCUT2D eigenvalue weighted by molar-refractivity contribution is -0.123. The molecule has 4 rings (SSSR count). The molecule has 2 amide bonds. The molecule has 1 aromatic carbocycles. The van der Waals surface area contributed by atoms with Gasteiger partial charge in [0.1, 0.15) is 0 Å². The predicted octanol–water partition coefficient (Wildman–Crippen LogP) is 4.42. The first-order valence-corrected chi connectivity index (χ1v) is 10.6. The monoisotopic (exact) mass is 417 g/mol. The maximum atomic E-state index is 13.3. The predicted molar refractivity (Wildman–Crippen MR) is 118 cm³/mol. The Labute approximate surface area is 182 Å². The van der Waals surface area contributed by atoms with E-state index in [0.717, 1.165) is 16.8 Å². The van der Waals surface area contributed by atoms with Crippen LogP contribution in [0.3, 0.4) is 0 Å². The van der Waals surface area contributed by atoms with Crippen molar-refractivity contribution in [2.24, 2.45) is 0 Å². The van der Waals surface area contributed by atoms with Crippen molar-refractivity contribution in [3.05, 3.63) is 89.1 Å². The molecule has 0 bridgehead atoms. The molecular formula is C25H27N3O3. The SMILES string of the molecule is CC(C)c1ccc(C(C)NC(=O)C2CN(C(=O)c3ccco3)Cc3cccnc32)cc1. The highest BCUT2D eigenvalue weighted by Crippen LogP contribution is 2.29. The number of carbonyl (C=O) groups is 2. The molecular weight excluding hydrogens is 390 g/mol. The van der Waals surface area contributed by atoms with Crippen molar-refractivity contribution < 1.29 is 14.0 Å². The third-order valence-electron chi connectivity index (χ3n) is 5.82. The number of furan rings is 1. The normalized spacial score (nSPS) is 16.6. The third-order valence-corrected chi connectivity index (χ3v) is 5.82. The lowest BCUT2D eigenvalue weighted by Gasteiger charge is -2.33. The molecule has 3 heterocycles. The Kier molecular flexibility index (Phi) is 5.89. The zero-order valence-electron chi connectivity index (χ0n) is 18.0. The maximum Gasteiger partial charge on any atom is 0.289 e. The number of hydrogen-bond donors (Lipinski definition) is 1. The highest BCUT2D eigenvalue weighted by molar-refractivity contribution is 5.93. The number of hydrogen-bond acceptors (Lipinski definition) is 4. The molecule has 0 spiro atoms. The molecule has 1 aliphatic rings. The van der Waals surface area contributed by atoms with E-state index in [4.69, 9.17) is 4.42 Å². The molecule has 6 heteroatoms. The molecule has 3 aromatic rings. The molecule has 1 aliphatic heterocycles. The van der Waals surface area contributed by atoms with E-state index in [9.17, 15) is 9.59 Å².